The fourth-order valence-electron chi connectivity index (χ4n) is 1.21. The molecule has 0 aliphatic carbocycles. The van der Waals surface area contributed by atoms with Crippen LogP contribution in [0.5, 0.6) is 0 Å². The molecule has 0 rings (SSSR count). The fourth-order valence-corrected chi connectivity index (χ4v) is 1.21. The standard InChI is InChI=1S/C11H16O3/c12-8-6-4-2-1-3-5-7-11(9-13)10-14/h8-9H,1-7H2. The molecule has 0 amide bonds. The number of hydrogen-bond donors (Lipinski definition) is 0. The molecule has 0 saturated heterocycles. The zero-order valence-corrected chi connectivity index (χ0v) is 8.33. The van der Waals surface area contributed by atoms with Gasteiger partial charge in [0.15, 0.2) is 6.29 Å². The van der Waals surface area contributed by atoms with Crippen LogP contribution < -0.4 is 0 Å². The lowest BCUT2D eigenvalue weighted by molar-refractivity contribution is -0.108. The Morgan fingerprint density at radius 2 is 1.64 bits per heavy atom. The fraction of sp³-hybridized carbons (Fsp3) is 0.636. The maximum Gasteiger partial charge on any atom is 0.157 e. The predicted octanol–water partition coefficient (Wildman–Crippen LogP) is 1.87. The second-order valence-corrected chi connectivity index (χ2v) is 3.22. The van der Waals surface area contributed by atoms with Crippen LogP contribution in [0.15, 0.2) is 5.57 Å². The maximum atomic E-state index is 10.2. The number of allylic oxidation sites excluding steroid dienone is 1. The van der Waals surface area contributed by atoms with Crippen LogP contribution in [0.25, 0.3) is 0 Å². The second-order valence-electron chi connectivity index (χ2n) is 3.22. The summed E-state index contributed by atoms with van der Waals surface area (Å²) in [7, 11) is 0. The second kappa shape index (κ2) is 9.87. The molecule has 0 aromatic rings. The van der Waals surface area contributed by atoms with Crippen LogP contribution >= 0.6 is 0 Å². The van der Waals surface area contributed by atoms with Gasteiger partial charge in [-0.25, -0.2) is 4.79 Å². The first-order chi connectivity index (χ1) is 6.85. The van der Waals surface area contributed by atoms with Crippen molar-refractivity contribution in [1.29, 1.82) is 0 Å². The van der Waals surface area contributed by atoms with E-state index in [1.165, 1.54) is 0 Å². The van der Waals surface area contributed by atoms with Crippen molar-refractivity contribution in [3.63, 3.8) is 0 Å². The topological polar surface area (TPSA) is 51.2 Å². The number of aldehydes is 2. The lowest BCUT2D eigenvalue weighted by Gasteiger charge is -1.98. The van der Waals surface area contributed by atoms with Crippen LogP contribution in [0.1, 0.15) is 44.9 Å². The molecule has 0 bridgehead atoms. The van der Waals surface area contributed by atoms with Gasteiger partial charge < -0.3 is 4.79 Å². The summed E-state index contributed by atoms with van der Waals surface area (Å²) in [6, 6.07) is 0. The van der Waals surface area contributed by atoms with Crippen molar-refractivity contribution in [2.24, 2.45) is 0 Å². The molecule has 0 aromatic heterocycles. The third-order valence-corrected chi connectivity index (χ3v) is 2.04. The smallest absolute Gasteiger partial charge is 0.157 e. The minimum Gasteiger partial charge on any atom is -0.303 e. The molecule has 0 N–H and O–H groups in total. The molecule has 14 heavy (non-hydrogen) atoms. The normalized spacial score (nSPS) is 9.14. The van der Waals surface area contributed by atoms with Gasteiger partial charge in [-0.1, -0.05) is 19.3 Å². The first-order valence-electron chi connectivity index (χ1n) is 4.98. The van der Waals surface area contributed by atoms with Gasteiger partial charge in [0, 0.05) is 6.42 Å². The van der Waals surface area contributed by atoms with E-state index in [1.807, 2.05) is 0 Å². The molecule has 0 aliphatic rings. The third kappa shape index (κ3) is 7.44. The molecule has 0 radical (unpaired) electrons. The van der Waals surface area contributed by atoms with Crippen LogP contribution in [0.2, 0.25) is 0 Å². The van der Waals surface area contributed by atoms with Crippen molar-refractivity contribution in [2.75, 3.05) is 0 Å². The molecule has 3 heteroatoms. The Bertz CT molecular complexity index is 215. The molecule has 0 saturated carbocycles. The van der Waals surface area contributed by atoms with E-state index >= 15 is 0 Å². The largest absolute Gasteiger partial charge is 0.303 e. The highest BCUT2D eigenvalue weighted by Gasteiger charge is 1.96. The van der Waals surface area contributed by atoms with Gasteiger partial charge in [0.1, 0.15) is 12.2 Å². The number of hydrogen-bond acceptors (Lipinski definition) is 3. The van der Waals surface area contributed by atoms with E-state index in [-0.39, 0.29) is 5.57 Å². The minimum absolute atomic E-state index is 0.220. The van der Waals surface area contributed by atoms with E-state index in [9.17, 15) is 14.4 Å². The van der Waals surface area contributed by atoms with Gasteiger partial charge in [-0.05, 0) is 19.3 Å². The highest BCUT2D eigenvalue weighted by atomic mass is 16.1. The highest BCUT2D eigenvalue weighted by molar-refractivity contribution is 5.85. The monoisotopic (exact) mass is 196 g/mol. The number of unbranched alkanes of at least 4 members (excludes halogenated alkanes) is 5. The van der Waals surface area contributed by atoms with Gasteiger partial charge in [0.05, 0.1) is 5.57 Å². The Morgan fingerprint density at radius 1 is 1.00 bits per heavy atom. The van der Waals surface area contributed by atoms with Gasteiger partial charge >= 0.3 is 0 Å². The van der Waals surface area contributed by atoms with E-state index in [2.05, 4.69) is 0 Å². The van der Waals surface area contributed by atoms with Gasteiger partial charge in [0.2, 0.25) is 0 Å². The van der Waals surface area contributed by atoms with Gasteiger partial charge in [-0.3, -0.25) is 4.79 Å². The molecule has 0 spiro atoms. The molecule has 0 fully saturated rings. The van der Waals surface area contributed by atoms with Crippen LogP contribution in [-0.2, 0) is 14.4 Å². The summed E-state index contributed by atoms with van der Waals surface area (Å²) in [6.45, 7) is 0. The van der Waals surface area contributed by atoms with Crippen LogP contribution in [0.4, 0.5) is 0 Å². The first kappa shape index (κ1) is 12.8. The van der Waals surface area contributed by atoms with E-state index in [1.54, 1.807) is 5.94 Å². The molecule has 0 atom stereocenters. The minimum atomic E-state index is 0.220. The summed E-state index contributed by atoms with van der Waals surface area (Å²) in [5, 5.41) is 0. The Balaban J connectivity index is 3.25. The SMILES string of the molecule is O=C=C(C=O)CCCCCCCC=O. The zero-order valence-electron chi connectivity index (χ0n) is 8.33. The number of carbonyl (C=O) groups is 2. The van der Waals surface area contributed by atoms with E-state index in [0.29, 0.717) is 19.1 Å². The summed E-state index contributed by atoms with van der Waals surface area (Å²) in [6.07, 6.45) is 7.54. The van der Waals surface area contributed by atoms with E-state index in [0.717, 1.165) is 38.4 Å². The van der Waals surface area contributed by atoms with Gasteiger partial charge in [-0.15, -0.1) is 0 Å². The Labute approximate surface area is 84.2 Å². The van der Waals surface area contributed by atoms with E-state index in [4.69, 9.17) is 0 Å². The van der Waals surface area contributed by atoms with Crippen LogP contribution in [0.3, 0.4) is 0 Å². The molecule has 0 aromatic carbocycles. The van der Waals surface area contributed by atoms with Crippen molar-refractivity contribution in [1.82, 2.24) is 0 Å². The summed E-state index contributed by atoms with van der Waals surface area (Å²) in [4.78, 5) is 30.3. The van der Waals surface area contributed by atoms with Gasteiger partial charge in [0.25, 0.3) is 0 Å². The average Bonchev–Trinajstić information content (AvgIpc) is 2.22. The number of rotatable bonds is 9. The zero-order chi connectivity index (χ0) is 10.6. The molecular formula is C11H16O3. The molecule has 3 nitrogen and oxygen atoms in total. The Morgan fingerprint density at radius 3 is 2.21 bits per heavy atom. The first-order valence-corrected chi connectivity index (χ1v) is 4.98. The summed E-state index contributed by atoms with van der Waals surface area (Å²) >= 11 is 0. The van der Waals surface area contributed by atoms with Crippen molar-refractivity contribution in [3.8, 4) is 0 Å². The van der Waals surface area contributed by atoms with Crippen LogP contribution in [0, 0.1) is 0 Å². The summed E-state index contributed by atoms with van der Waals surface area (Å²) in [5.41, 5.74) is 0.220. The summed E-state index contributed by atoms with van der Waals surface area (Å²) in [5.74, 6) is 1.62. The Hall–Kier alpha value is -1.21. The third-order valence-electron chi connectivity index (χ3n) is 2.04. The lowest BCUT2D eigenvalue weighted by atomic mass is 10.1. The predicted molar refractivity (Wildman–Crippen MR) is 53.7 cm³/mol. The molecule has 78 valence electrons. The highest BCUT2D eigenvalue weighted by Crippen LogP contribution is 2.08. The number of carbonyl (C=O) groups excluding carboxylic acids is 3. The van der Waals surface area contributed by atoms with E-state index < -0.39 is 0 Å². The molecule has 0 aliphatic heterocycles. The van der Waals surface area contributed by atoms with Crippen molar-refractivity contribution >= 4 is 18.5 Å². The molecular weight excluding hydrogens is 180 g/mol. The average molecular weight is 196 g/mol. The summed E-state index contributed by atoms with van der Waals surface area (Å²) < 4.78 is 0. The molecule has 0 heterocycles. The Kier molecular flexibility index (Phi) is 9.02. The van der Waals surface area contributed by atoms with Crippen molar-refractivity contribution < 1.29 is 14.4 Å². The van der Waals surface area contributed by atoms with Crippen molar-refractivity contribution in [2.45, 2.75) is 44.9 Å². The lowest BCUT2D eigenvalue weighted by Crippen LogP contribution is -1.87. The quantitative estimate of drug-likeness (QED) is 0.245. The maximum absolute atomic E-state index is 10.2. The molecule has 0 unspecified atom stereocenters. The van der Waals surface area contributed by atoms with Crippen LogP contribution in [-0.4, -0.2) is 18.5 Å². The van der Waals surface area contributed by atoms with Crippen molar-refractivity contribution in [3.05, 3.63) is 5.57 Å². The van der Waals surface area contributed by atoms with Gasteiger partial charge in [-0.2, -0.15) is 0 Å².